The van der Waals surface area contributed by atoms with Gasteiger partial charge in [-0.3, -0.25) is 4.68 Å². The normalized spacial score (nSPS) is 14.2. The van der Waals surface area contributed by atoms with Crippen molar-refractivity contribution >= 4 is 23.1 Å². The highest BCUT2D eigenvalue weighted by Gasteiger charge is 2.33. The Hall–Kier alpha value is -1.82. The molecule has 2 amide bonds. The zero-order valence-electron chi connectivity index (χ0n) is 12.6. The highest BCUT2D eigenvalue weighted by atomic mass is 32.1. The average molecular weight is 304 g/mol. The van der Waals surface area contributed by atoms with E-state index in [0.29, 0.717) is 12.6 Å². The van der Waals surface area contributed by atoms with Crippen LogP contribution in [0.15, 0.2) is 17.6 Å². The summed E-state index contributed by atoms with van der Waals surface area (Å²) in [6, 6.07) is 2.46. The highest BCUT2D eigenvalue weighted by Crippen LogP contribution is 2.31. The third kappa shape index (κ3) is 3.10. The predicted octanol–water partition coefficient (Wildman–Crippen LogP) is 3.29. The first-order valence-electron chi connectivity index (χ1n) is 7.15. The van der Waals surface area contributed by atoms with E-state index in [1.54, 1.807) is 16.0 Å². The number of urea groups is 1. The molecule has 0 aromatic carbocycles. The highest BCUT2D eigenvalue weighted by molar-refractivity contribution is 7.10. The van der Waals surface area contributed by atoms with Crippen LogP contribution in [0.25, 0.3) is 0 Å². The van der Waals surface area contributed by atoms with Gasteiger partial charge in [0.2, 0.25) is 0 Å². The van der Waals surface area contributed by atoms with Gasteiger partial charge in [-0.2, -0.15) is 5.10 Å². The van der Waals surface area contributed by atoms with Crippen LogP contribution >= 0.6 is 11.3 Å². The number of amides is 2. The molecule has 1 aliphatic rings. The Kier molecular flexibility index (Phi) is 3.71. The van der Waals surface area contributed by atoms with Gasteiger partial charge in [0.1, 0.15) is 0 Å². The molecule has 2 aromatic rings. The summed E-state index contributed by atoms with van der Waals surface area (Å²) in [7, 11) is 1.86. The molecule has 112 valence electrons. The minimum absolute atomic E-state index is 0.0265. The number of anilines is 1. The van der Waals surface area contributed by atoms with Crippen molar-refractivity contribution in [3.05, 3.63) is 33.8 Å². The van der Waals surface area contributed by atoms with Crippen LogP contribution in [0.5, 0.6) is 0 Å². The standard InChI is InChI=1S/C15H20N4OS/c1-10-6-7-21-14(10)9-19(12-4-5-12)15(20)16-13-8-18(3)17-11(13)2/h6-8,12H,4-5,9H2,1-3H3,(H,16,20). The number of aromatic nitrogens is 2. The van der Waals surface area contributed by atoms with E-state index in [0.717, 1.165) is 24.2 Å². The molecule has 2 heterocycles. The van der Waals surface area contributed by atoms with Gasteiger partial charge in [-0.1, -0.05) is 0 Å². The van der Waals surface area contributed by atoms with Crippen LogP contribution < -0.4 is 5.32 Å². The molecular formula is C15H20N4OS. The number of hydrogen-bond donors (Lipinski definition) is 1. The fourth-order valence-corrected chi connectivity index (χ4v) is 3.29. The van der Waals surface area contributed by atoms with Crippen LogP contribution in [0.3, 0.4) is 0 Å². The van der Waals surface area contributed by atoms with Crippen molar-refractivity contribution in [1.82, 2.24) is 14.7 Å². The molecular weight excluding hydrogens is 284 g/mol. The predicted molar refractivity (Wildman–Crippen MR) is 84.6 cm³/mol. The first kappa shape index (κ1) is 14.1. The minimum Gasteiger partial charge on any atom is -0.316 e. The topological polar surface area (TPSA) is 50.2 Å². The first-order valence-corrected chi connectivity index (χ1v) is 8.03. The fraction of sp³-hybridized carbons (Fsp3) is 0.467. The van der Waals surface area contributed by atoms with Gasteiger partial charge in [-0.25, -0.2) is 4.79 Å². The lowest BCUT2D eigenvalue weighted by atomic mass is 10.3. The number of thiophene rings is 1. The van der Waals surface area contributed by atoms with E-state index in [9.17, 15) is 4.79 Å². The lowest BCUT2D eigenvalue weighted by molar-refractivity contribution is 0.206. The maximum absolute atomic E-state index is 12.6. The van der Waals surface area contributed by atoms with Crippen molar-refractivity contribution < 1.29 is 4.79 Å². The molecule has 0 saturated heterocycles. The van der Waals surface area contributed by atoms with Crippen molar-refractivity contribution in [3.8, 4) is 0 Å². The van der Waals surface area contributed by atoms with E-state index < -0.39 is 0 Å². The summed E-state index contributed by atoms with van der Waals surface area (Å²) in [6.07, 6.45) is 4.04. The summed E-state index contributed by atoms with van der Waals surface area (Å²) in [5, 5.41) is 9.33. The smallest absolute Gasteiger partial charge is 0.316 e. The Morgan fingerprint density at radius 3 is 2.81 bits per heavy atom. The van der Waals surface area contributed by atoms with Crippen LogP contribution in [0.2, 0.25) is 0 Å². The van der Waals surface area contributed by atoms with Gasteiger partial charge >= 0.3 is 6.03 Å². The number of rotatable bonds is 4. The molecule has 1 aliphatic carbocycles. The third-order valence-electron chi connectivity index (χ3n) is 3.79. The lowest BCUT2D eigenvalue weighted by Gasteiger charge is -2.22. The summed E-state index contributed by atoms with van der Waals surface area (Å²) in [5.74, 6) is 0. The van der Waals surface area contributed by atoms with Crippen LogP contribution in [0, 0.1) is 13.8 Å². The largest absolute Gasteiger partial charge is 0.322 e. The monoisotopic (exact) mass is 304 g/mol. The van der Waals surface area contributed by atoms with E-state index >= 15 is 0 Å². The maximum Gasteiger partial charge on any atom is 0.322 e. The Morgan fingerprint density at radius 2 is 2.29 bits per heavy atom. The molecule has 5 nitrogen and oxygen atoms in total. The lowest BCUT2D eigenvalue weighted by Crippen LogP contribution is -2.36. The van der Waals surface area contributed by atoms with E-state index in [-0.39, 0.29) is 6.03 Å². The van der Waals surface area contributed by atoms with Gasteiger partial charge in [-0.15, -0.1) is 11.3 Å². The minimum atomic E-state index is -0.0265. The molecule has 1 N–H and O–H groups in total. The van der Waals surface area contributed by atoms with Crippen molar-refractivity contribution in [2.75, 3.05) is 5.32 Å². The van der Waals surface area contributed by atoms with Crippen molar-refractivity contribution in [1.29, 1.82) is 0 Å². The van der Waals surface area contributed by atoms with Gasteiger partial charge in [0.25, 0.3) is 0 Å². The van der Waals surface area contributed by atoms with E-state index in [2.05, 4.69) is 28.8 Å². The fourth-order valence-electron chi connectivity index (χ4n) is 2.38. The number of hydrogen-bond acceptors (Lipinski definition) is 3. The van der Waals surface area contributed by atoms with Crippen LogP contribution in [0.4, 0.5) is 10.5 Å². The van der Waals surface area contributed by atoms with Crippen molar-refractivity contribution in [3.63, 3.8) is 0 Å². The van der Waals surface area contributed by atoms with Crippen molar-refractivity contribution in [2.45, 2.75) is 39.3 Å². The quantitative estimate of drug-likeness (QED) is 0.942. The second-order valence-corrected chi connectivity index (χ2v) is 6.62. The molecule has 0 unspecified atom stereocenters. The van der Waals surface area contributed by atoms with Crippen molar-refractivity contribution in [2.24, 2.45) is 7.05 Å². The molecule has 0 atom stereocenters. The molecule has 21 heavy (non-hydrogen) atoms. The average Bonchev–Trinajstić information content (AvgIpc) is 3.11. The van der Waals surface area contributed by atoms with Gasteiger partial charge < -0.3 is 10.2 Å². The summed E-state index contributed by atoms with van der Waals surface area (Å²) in [6.45, 7) is 4.69. The molecule has 0 radical (unpaired) electrons. The Balaban J connectivity index is 1.73. The number of nitrogens with one attached hydrogen (secondary N) is 1. The molecule has 3 rings (SSSR count). The molecule has 1 fully saturated rings. The molecule has 6 heteroatoms. The molecule has 0 bridgehead atoms. The zero-order valence-corrected chi connectivity index (χ0v) is 13.4. The Bertz CT molecular complexity index is 656. The number of carbonyl (C=O) groups is 1. The molecule has 1 saturated carbocycles. The van der Waals surface area contributed by atoms with E-state index in [1.165, 1.54) is 10.4 Å². The molecule has 0 aliphatic heterocycles. The summed E-state index contributed by atoms with van der Waals surface area (Å²) in [4.78, 5) is 15.8. The number of carbonyl (C=O) groups excluding carboxylic acids is 1. The van der Waals surface area contributed by atoms with Gasteiger partial charge in [-0.05, 0) is 43.7 Å². The summed E-state index contributed by atoms with van der Waals surface area (Å²) < 4.78 is 1.72. The SMILES string of the molecule is Cc1ccsc1CN(C(=O)Nc1cn(C)nc1C)C1CC1. The zero-order chi connectivity index (χ0) is 15.0. The Labute approximate surface area is 128 Å². The second-order valence-electron chi connectivity index (χ2n) is 5.62. The van der Waals surface area contributed by atoms with E-state index in [1.807, 2.05) is 25.1 Å². The van der Waals surface area contributed by atoms with Crippen LogP contribution in [0.1, 0.15) is 29.0 Å². The van der Waals surface area contributed by atoms with Gasteiger partial charge in [0.05, 0.1) is 17.9 Å². The molecule has 0 spiro atoms. The van der Waals surface area contributed by atoms with Gasteiger partial charge in [0.15, 0.2) is 0 Å². The second kappa shape index (κ2) is 5.52. The van der Waals surface area contributed by atoms with Gasteiger partial charge in [0, 0.05) is 24.2 Å². The first-order chi connectivity index (χ1) is 10.0. The van der Waals surface area contributed by atoms with E-state index in [4.69, 9.17) is 0 Å². The third-order valence-corrected chi connectivity index (χ3v) is 4.79. The Morgan fingerprint density at radius 1 is 1.52 bits per heavy atom. The van der Waals surface area contributed by atoms with Crippen LogP contribution in [-0.4, -0.2) is 26.8 Å². The van der Waals surface area contributed by atoms with Crippen LogP contribution in [-0.2, 0) is 13.6 Å². The summed E-state index contributed by atoms with van der Waals surface area (Å²) >= 11 is 1.72. The summed E-state index contributed by atoms with van der Waals surface area (Å²) in [5.41, 5.74) is 2.89. The number of nitrogens with zero attached hydrogens (tertiary/aromatic N) is 3. The maximum atomic E-state index is 12.6. The number of aryl methyl sites for hydroxylation is 3. The molecule has 2 aromatic heterocycles.